The van der Waals surface area contributed by atoms with Gasteiger partial charge in [0.05, 0.1) is 6.42 Å². The summed E-state index contributed by atoms with van der Waals surface area (Å²) in [5.41, 5.74) is 0.928. The molecular weight excluding hydrogens is 390 g/mol. The van der Waals surface area contributed by atoms with Crippen LogP contribution in [0.15, 0.2) is 42.5 Å². The Kier molecular flexibility index (Phi) is 7.63. The van der Waals surface area contributed by atoms with E-state index in [2.05, 4.69) is 5.32 Å². The second-order valence-electron chi connectivity index (χ2n) is 6.10. The van der Waals surface area contributed by atoms with Crippen LogP contribution in [-0.2, 0) is 22.6 Å². The van der Waals surface area contributed by atoms with E-state index in [1.165, 1.54) is 11.0 Å². The van der Waals surface area contributed by atoms with Crippen molar-refractivity contribution in [1.82, 2.24) is 10.2 Å². The van der Waals surface area contributed by atoms with Gasteiger partial charge in [-0.2, -0.15) is 0 Å². The van der Waals surface area contributed by atoms with Crippen molar-refractivity contribution in [2.75, 3.05) is 6.54 Å². The molecule has 0 saturated heterocycles. The van der Waals surface area contributed by atoms with Crippen molar-refractivity contribution in [1.29, 1.82) is 0 Å². The Bertz CT molecular complexity index is 829. The molecule has 0 aliphatic rings. The first kappa shape index (κ1) is 21.2. The van der Waals surface area contributed by atoms with E-state index in [4.69, 9.17) is 23.2 Å². The highest BCUT2D eigenvalue weighted by Crippen LogP contribution is 2.23. The number of hydrogen-bond donors (Lipinski definition) is 1. The van der Waals surface area contributed by atoms with Crippen LogP contribution in [0.1, 0.15) is 25.0 Å². The summed E-state index contributed by atoms with van der Waals surface area (Å²) < 4.78 is 14.1. The molecule has 0 heterocycles. The summed E-state index contributed by atoms with van der Waals surface area (Å²) in [5, 5.41) is 3.53. The Labute approximate surface area is 168 Å². The zero-order valence-electron chi connectivity index (χ0n) is 15.1. The first-order valence-electron chi connectivity index (χ1n) is 8.58. The van der Waals surface area contributed by atoms with Crippen LogP contribution < -0.4 is 5.32 Å². The highest BCUT2D eigenvalue weighted by molar-refractivity contribution is 6.35. The lowest BCUT2D eigenvalue weighted by atomic mass is 10.1. The minimum Gasteiger partial charge on any atom is -0.355 e. The fraction of sp³-hybridized carbons (Fsp3) is 0.300. The van der Waals surface area contributed by atoms with Gasteiger partial charge in [0.25, 0.3) is 0 Å². The van der Waals surface area contributed by atoms with Gasteiger partial charge >= 0.3 is 0 Å². The predicted molar refractivity (Wildman–Crippen MR) is 105 cm³/mol. The SMILES string of the molecule is CCNC(=O)C(C)N(Cc1ccccc1F)C(=O)Cc1ccc(Cl)cc1Cl. The van der Waals surface area contributed by atoms with Gasteiger partial charge in [-0.05, 0) is 37.6 Å². The van der Waals surface area contributed by atoms with Crippen LogP contribution in [0.5, 0.6) is 0 Å². The molecule has 1 N–H and O–H groups in total. The molecule has 0 fully saturated rings. The topological polar surface area (TPSA) is 49.4 Å². The van der Waals surface area contributed by atoms with Gasteiger partial charge in [0, 0.05) is 28.7 Å². The molecule has 2 amide bonds. The summed E-state index contributed by atoms with van der Waals surface area (Å²) >= 11 is 12.1. The summed E-state index contributed by atoms with van der Waals surface area (Å²) in [4.78, 5) is 26.6. The molecule has 0 aliphatic heterocycles. The van der Waals surface area contributed by atoms with Crippen LogP contribution in [0.3, 0.4) is 0 Å². The maximum atomic E-state index is 14.1. The van der Waals surface area contributed by atoms with Gasteiger partial charge < -0.3 is 10.2 Å². The van der Waals surface area contributed by atoms with Crippen LogP contribution in [-0.4, -0.2) is 29.3 Å². The average molecular weight is 411 g/mol. The lowest BCUT2D eigenvalue weighted by Crippen LogP contribution is -2.48. The van der Waals surface area contributed by atoms with Crippen molar-refractivity contribution >= 4 is 35.0 Å². The highest BCUT2D eigenvalue weighted by Gasteiger charge is 2.27. The third kappa shape index (κ3) is 5.68. The van der Waals surface area contributed by atoms with E-state index in [0.29, 0.717) is 27.7 Å². The smallest absolute Gasteiger partial charge is 0.242 e. The zero-order valence-corrected chi connectivity index (χ0v) is 16.6. The first-order chi connectivity index (χ1) is 12.8. The number of amides is 2. The Balaban J connectivity index is 2.28. The van der Waals surface area contributed by atoms with Gasteiger partial charge in [0.1, 0.15) is 11.9 Å². The second kappa shape index (κ2) is 9.72. The van der Waals surface area contributed by atoms with Gasteiger partial charge in [-0.15, -0.1) is 0 Å². The summed E-state index contributed by atoms with van der Waals surface area (Å²) in [6, 6.07) is 10.3. The van der Waals surface area contributed by atoms with E-state index in [-0.39, 0.29) is 24.8 Å². The molecular formula is C20H21Cl2FN2O2. The van der Waals surface area contributed by atoms with Crippen molar-refractivity contribution < 1.29 is 14.0 Å². The van der Waals surface area contributed by atoms with Crippen molar-refractivity contribution in [3.05, 3.63) is 69.5 Å². The molecule has 144 valence electrons. The monoisotopic (exact) mass is 410 g/mol. The number of likely N-dealkylation sites (N-methyl/N-ethyl adjacent to an activating group) is 1. The number of hydrogen-bond acceptors (Lipinski definition) is 2. The van der Waals surface area contributed by atoms with Crippen LogP contribution in [0, 0.1) is 5.82 Å². The Hall–Kier alpha value is -2.11. The van der Waals surface area contributed by atoms with Gasteiger partial charge in [-0.25, -0.2) is 4.39 Å². The third-order valence-corrected chi connectivity index (χ3v) is 4.76. The van der Waals surface area contributed by atoms with Crippen molar-refractivity contribution in [2.24, 2.45) is 0 Å². The summed E-state index contributed by atoms with van der Waals surface area (Å²) in [5.74, 6) is -1.06. The minimum absolute atomic E-state index is 0.0188. The number of nitrogens with one attached hydrogen (secondary N) is 1. The van der Waals surface area contributed by atoms with E-state index in [9.17, 15) is 14.0 Å². The van der Waals surface area contributed by atoms with Crippen LogP contribution in [0.25, 0.3) is 0 Å². The van der Waals surface area contributed by atoms with Gasteiger partial charge in [0.2, 0.25) is 11.8 Å². The Morgan fingerprint density at radius 3 is 2.48 bits per heavy atom. The van der Waals surface area contributed by atoms with Crippen molar-refractivity contribution in [3.63, 3.8) is 0 Å². The molecule has 27 heavy (non-hydrogen) atoms. The quantitative estimate of drug-likeness (QED) is 0.742. The zero-order chi connectivity index (χ0) is 20.0. The summed E-state index contributed by atoms with van der Waals surface area (Å²) in [7, 11) is 0. The molecule has 1 atom stereocenters. The van der Waals surface area contributed by atoms with Crippen LogP contribution in [0.4, 0.5) is 4.39 Å². The third-order valence-electron chi connectivity index (χ3n) is 4.17. The van der Waals surface area contributed by atoms with Crippen LogP contribution in [0.2, 0.25) is 10.0 Å². The largest absolute Gasteiger partial charge is 0.355 e. The maximum absolute atomic E-state index is 14.1. The molecule has 2 aromatic carbocycles. The molecule has 0 aliphatic carbocycles. The van der Waals surface area contributed by atoms with Gasteiger partial charge in [0.15, 0.2) is 0 Å². The van der Waals surface area contributed by atoms with E-state index in [0.717, 1.165) is 0 Å². The summed E-state index contributed by atoms with van der Waals surface area (Å²) in [6.07, 6.45) is -0.0196. The molecule has 7 heteroatoms. The first-order valence-corrected chi connectivity index (χ1v) is 9.33. The molecule has 4 nitrogen and oxygen atoms in total. The molecule has 0 saturated carbocycles. The van der Waals surface area contributed by atoms with E-state index in [1.807, 2.05) is 0 Å². The van der Waals surface area contributed by atoms with Crippen LogP contribution >= 0.6 is 23.2 Å². The predicted octanol–water partition coefficient (Wildman–Crippen LogP) is 4.23. The number of carbonyl (C=O) groups is 2. The van der Waals surface area contributed by atoms with Crippen molar-refractivity contribution in [2.45, 2.75) is 32.9 Å². The fourth-order valence-electron chi connectivity index (χ4n) is 2.64. The Morgan fingerprint density at radius 2 is 1.85 bits per heavy atom. The molecule has 2 rings (SSSR count). The molecule has 2 aromatic rings. The fourth-order valence-corrected chi connectivity index (χ4v) is 3.12. The number of halogens is 3. The number of rotatable bonds is 7. The summed E-state index contributed by atoms with van der Waals surface area (Å²) in [6.45, 7) is 3.83. The highest BCUT2D eigenvalue weighted by atomic mass is 35.5. The molecule has 0 spiro atoms. The lowest BCUT2D eigenvalue weighted by molar-refractivity contribution is -0.140. The molecule has 1 unspecified atom stereocenters. The van der Waals surface area contributed by atoms with E-state index >= 15 is 0 Å². The van der Waals surface area contributed by atoms with Gasteiger partial charge in [-0.1, -0.05) is 47.5 Å². The molecule has 0 bridgehead atoms. The van der Waals surface area contributed by atoms with Crippen molar-refractivity contribution in [3.8, 4) is 0 Å². The number of benzene rings is 2. The lowest BCUT2D eigenvalue weighted by Gasteiger charge is -2.29. The average Bonchev–Trinajstić information content (AvgIpc) is 2.63. The van der Waals surface area contributed by atoms with E-state index in [1.54, 1.807) is 50.2 Å². The number of carbonyl (C=O) groups excluding carboxylic acids is 2. The number of nitrogens with zero attached hydrogens (tertiary/aromatic N) is 1. The maximum Gasteiger partial charge on any atom is 0.242 e. The Morgan fingerprint density at radius 1 is 1.15 bits per heavy atom. The molecule has 0 radical (unpaired) electrons. The molecule has 0 aromatic heterocycles. The second-order valence-corrected chi connectivity index (χ2v) is 6.94. The van der Waals surface area contributed by atoms with E-state index < -0.39 is 11.9 Å². The standard InChI is InChI=1S/C20H21Cl2FN2O2/c1-3-24-20(27)13(2)25(12-15-6-4-5-7-18(15)23)19(26)10-14-8-9-16(21)11-17(14)22/h4-9,11,13H,3,10,12H2,1-2H3,(H,24,27). The normalized spacial score (nSPS) is 11.7. The minimum atomic E-state index is -0.761. The van der Waals surface area contributed by atoms with Gasteiger partial charge in [-0.3, -0.25) is 9.59 Å².